The smallest absolute Gasteiger partial charge is 0.264 e. The average molecular weight is 363 g/mol. The quantitative estimate of drug-likeness (QED) is 0.819. The Balaban J connectivity index is 1.99. The molecule has 1 saturated heterocycles. The molecule has 1 fully saturated rings. The number of aryl methyl sites for hydroxylation is 1. The summed E-state index contributed by atoms with van der Waals surface area (Å²) in [6.45, 7) is 5.70. The van der Waals surface area contributed by atoms with Crippen LogP contribution in [-0.4, -0.2) is 46.7 Å². The Morgan fingerprint density at radius 2 is 2.24 bits per heavy atom. The Morgan fingerprint density at radius 1 is 1.44 bits per heavy atom. The van der Waals surface area contributed by atoms with E-state index in [0.717, 1.165) is 31.4 Å². The van der Waals surface area contributed by atoms with Crippen LogP contribution in [0.1, 0.15) is 47.8 Å². The molecular weight excluding hydrogens is 338 g/mol. The Hall–Kier alpha value is -1.73. The molecule has 0 aromatic carbocycles. The molecule has 136 valence electrons. The van der Waals surface area contributed by atoms with E-state index in [0.29, 0.717) is 34.3 Å². The van der Waals surface area contributed by atoms with Crippen LogP contribution in [0.5, 0.6) is 0 Å². The van der Waals surface area contributed by atoms with E-state index in [1.165, 1.54) is 17.8 Å². The van der Waals surface area contributed by atoms with Gasteiger partial charge in [-0.1, -0.05) is 6.92 Å². The minimum atomic E-state index is -0.0967. The largest absolute Gasteiger partial charge is 0.383 e. The number of rotatable bonds is 5. The second-order valence-corrected chi connectivity index (χ2v) is 7.53. The van der Waals surface area contributed by atoms with Crippen molar-refractivity contribution >= 4 is 27.5 Å². The zero-order valence-electron chi connectivity index (χ0n) is 15.1. The van der Waals surface area contributed by atoms with E-state index in [2.05, 4.69) is 11.9 Å². The van der Waals surface area contributed by atoms with Gasteiger partial charge < -0.3 is 9.64 Å². The number of fused-ring (bicyclic) bond motifs is 1. The van der Waals surface area contributed by atoms with E-state index in [9.17, 15) is 9.59 Å². The molecule has 0 radical (unpaired) electrons. The van der Waals surface area contributed by atoms with Gasteiger partial charge in [0, 0.05) is 19.7 Å². The van der Waals surface area contributed by atoms with Crippen molar-refractivity contribution in [3.63, 3.8) is 0 Å². The van der Waals surface area contributed by atoms with Gasteiger partial charge in [-0.3, -0.25) is 14.2 Å². The fraction of sp³-hybridized carbons (Fsp3) is 0.611. The second-order valence-electron chi connectivity index (χ2n) is 6.53. The van der Waals surface area contributed by atoms with Crippen LogP contribution >= 0.6 is 11.3 Å². The average Bonchev–Trinajstić information content (AvgIpc) is 2.98. The Bertz CT molecular complexity index is 827. The lowest BCUT2D eigenvalue weighted by Crippen LogP contribution is -2.43. The highest BCUT2D eigenvalue weighted by atomic mass is 32.1. The van der Waals surface area contributed by atoms with Crippen molar-refractivity contribution in [2.45, 2.75) is 52.1 Å². The van der Waals surface area contributed by atoms with Crippen LogP contribution in [0.2, 0.25) is 0 Å². The molecule has 7 heteroatoms. The van der Waals surface area contributed by atoms with Crippen molar-refractivity contribution in [2.24, 2.45) is 0 Å². The molecule has 0 bridgehead atoms. The summed E-state index contributed by atoms with van der Waals surface area (Å²) in [6.07, 6.45) is 5.81. The van der Waals surface area contributed by atoms with Crippen LogP contribution in [0.15, 0.2) is 11.1 Å². The SMILES string of the molecule is CCC1CCCCN1C(=O)c1sc2ncn(CCOC)c(=O)c2c1C. The maximum Gasteiger partial charge on any atom is 0.264 e. The number of piperidine rings is 1. The molecule has 0 saturated carbocycles. The van der Waals surface area contributed by atoms with E-state index in [1.54, 1.807) is 18.0 Å². The summed E-state index contributed by atoms with van der Waals surface area (Å²) >= 11 is 1.34. The van der Waals surface area contributed by atoms with Gasteiger partial charge in [-0.2, -0.15) is 0 Å². The summed E-state index contributed by atoms with van der Waals surface area (Å²) in [5, 5.41) is 0.567. The first kappa shape index (κ1) is 18.1. The molecule has 1 aliphatic heterocycles. The molecule has 2 aromatic heterocycles. The summed E-state index contributed by atoms with van der Waals surface area (Å²) in [4.78, 5) is 33.5. The van der Waals surface area contributed by atoms with E-state index in [4.69, 9.17) is 4.74 Å². The van der Waals surface area contributed by atoms with Crippen molar-refractivity contribution in [3.8, 4) is 0 Å². The number of aromatic nitrogens is 2. The van der Waals surface area contributed by atoms with Crippen LogP contribution in [0, 0.1) is 6.92 Å². The summed E-state index contributed by atoms with van der Waals surface area (Å²) in [5.41, 5.74) is 0.662. The van der Waals surface area contributed by atoms with Crippen LogP contribution in [0.4, 0.5) is 0 Å². The number of carbonyl (C=O) groups is 1. The monoisotopic (exact) mass is 363 g/mol. The third-order valence-corrected chi connectivity index (χ3v) is 6.19. The van der Waals surface area contributed by atoms with E-state index >= 15 is 0 Å². The Labute approximate surface area is 151 Å². The van der Waals surface area contributed by atoms with Crippen LogP contribution in [0.3, 0.4) is 0 Å². The van der Waals surface area contributed by atoms with Crippen molar-refractivity contribution < 1.29 is 9.53 Å². The first-order valence-corrected chi connectivity index (χ1v) is 9.68. The number of hydrogen-bond acceptors (Lipinski definition) is 5. The van der Waals surface area contributed by atoms with Gasteiger partial charge in [-0.15, -0.1) is 11.3 Å². The number of thiophene rings is 1. The number of likely N-dealkylation sites (tertiary alicyclic amines) is 1. The summed E-state index contributed by atoms with van der Waals surface area (Å²) in [5.74, 6) is 0.0508. The lowest BCUT2D eigenvalue weighted by atomic mass is 9.99. The lowest BCUT2D eigenvalue weighted by Gasteiger charge is -2.35. The Kier molecular flexibility index (Phi) is 5.54. The number of ether oxygens (including phenoxy) is 1. The van der Waals surface area contributed by atoms with Crippen molar-refractivity contribution in [3.05, 3.63) is 27.1 Å². The van der Waals surface area contributed by atoms with Gasteiger partial charge in [0.2, 0.25) is 0 Å². The highest BCUT2D eigenvalue weighted by Gasteiger charge is 2.29. The molecule has 6 nitrogen and oxygen atoms in total. The van der Waals surface area contributed by atoms with Gasteiger partial charge in [0.1, 0.15) is 4.83 Å². The standard InChI is InChI=1S/C18H25N3O3S/c1-4-13-7-5-6-8-21(13)18(23)15-12(2)14-16(25-15)19-11-20(17(14)22)9-10-24-3/h11,13H,4-10H2,1-3H3. The van der Waals surface area contributed by atoms with Gasteiger partial charge >= 0.3 is 0 Å². The van der Waals surface area contributed by atoms with Crippen molar-refractivity contribution in [2.75, 3.05) is 20.3 Å². The molecule has 1 amide bonds. The first-order chi connectivity index (χ1) is 12.1. The van der Waals surface area contributed by atoms with Gasteiger partial charge in [-0.05, 0) is 38.2 Å². The Morgan fingerprint density at radius 3 is 2.96 bits per heavy atom. The molecule has 1 unspecified atom stereocenters. The normalized spacial score (nSPS) is 18.0. The predicted octanol–water partition coefficient (Wildman–Crippen LogP) is 2.82. The lowest BCUT2D eigenvalue weighted by molar-refractivity contribution is 0.0612. The minimum absolute atomic E-state index is 0.0508. The molecule has 25 heavy (non-hydrogen) atoms. The zero-order valence-corrected chi connectivity index (χ0v) is 15.9. The number of methoxy groups -OCH3 is 1. The molecule has 1 aliphatic rings. The molecule has 2 aromatic rings. The number of hydrogen-bond donors (Lipinski definition) is 0. The van der Waals surface area contributed by atoms with Crippen LogP contribution in [0.25, 0.3) is 10.2 Å². The number of amides is 1. The van der Waals surface area contributed by atoms with Crippen LogP contribution < -0.4 is 5.56 Å². The molecule has 0 spiro atoms. The highest BCUT2D eigenvalue weighted by Crippen LogP contribution is 2.30. The summed E-state index contributed by atoms with van der Waals surface area (Å²) in [7, 11) is 1.60. The summed E-state index contributed by atoms with van der Waals surface area (Å²) in [6, 6.07) is 0.303. The van der Waals surface area contributed by atoms with E-state index in [1.807, 2.05) is 11.8 Å². The van der Waals surface area contributed by atoms with Gasteiger partial charge in [0.25, 0.3) is 11.5 Å². The second kappa shape index (κ2) is 7.66. The van der Waals surface area contributed by atoms with Gasteiger partial charge in [0.15, 0.2) is 0 Å². The van der Waals surface area contributed by atoms with Gasteiger partial charge in [-0.25, -0.2) is 4.98 Å². The molecular formula is C18H25N3O3S. The highest BCUT2D eigenvalue weighted by molar-refractivity contribution is 7.20. The van der Waals surface area contributed by atoms with Crippen LogP contribution in [-0.2, 0) is 11.3 Å². The van der Waals surface area contributed by atoms with E-state index in [-0.39, 0.29) is 11.5 Å². The number of carbonyl (C=O) groups excluding carboxylic acids is 1. The molecule has 0 N–H and O–H groups in total. The molecule has 1 atom stereocenters. The third kappa shape index (κ3) is 3.35. The molecule has 3 rings (SSSR count). The predicted molar refractivity (Wildman–Crippen MR) is 99.5 cm³/mol. The maximum absolute atomic E-state index is 13.1. The van der Waals surface area contributed by atoms with Gasteiger partial charge in [0.05, 0.1) is 29.7 Å². The molecule has 0 aliphatic carbocycles. The zero-order chi connectivity index (χ0) is 18.0. The topological polar surface area (TPSA) is 64.4 Å². The van der Waals surface area contributed by atoms with Crippen molar-refractivity contribution in [1.29, 1.82) is 0 Å². The minimum Gasteiger partial charge on any atom is -0.383 e. The maximum atomic E-state index is 13.1. The number of nitrogens with zero attached hydrogens (tertiary/aromatic N) is 3. The van der Waals surface area contributed by atoms with Crippen molar-refractivity contribution in [1.82, 2.24) is 14.5 Å². The van der Waals surface area contributed by atoms with E-state index < -0.39 is 0 Å². The third-order valence-electron chi connectivity index (χ3n) is 5.01. The fourth-order valence-corrected chi connectivity index (χ4v) is 4.63. The molecule has 3 heterocycles. The summed E-state index contributed by atoms with van der Waals surface area (Å²) < 4.78 is 6.60. The fourth-order valence-electron chi connectivity index (χ4n) is 3.53. The first-order valence-electron chi connectivity index (χ1n) is 8.86.